The van der Waals surface area contributed by atoms with E-state index in [2.05, 4.69) is 10.3 Å². The highest BCUT2D eigenvalue weighted by Gasteiger charge is 2.21. The first-order valence-electron chi connectivity index (χ1n) is 5.13. The molecule has 0 aliphatic carbocycles. The van der Waals surface area contributed by atoms with E-state index in [1.807, 2.05) is 13.8 Å². The van der Waals surface area contributed by atoms with Crippen LogP contribution in [-0.2, 0) is 0 Å². The third-order valence-electron chi connectivity index (χ3n) is 2.28. The van der Waals surface area contributed by atoms with E-state index in [1.54, 1.807) is 0 Å². The molecule has 0 aliphatic heterocycles. The summed E-state index contributed by atoms with van der Waals surface area (Å²) >= 11 is 4.85. The van der Waals surface area contributed by atoms with Crippen molar-refractivity contribution in [1.29, 1.82) is 0 Å². The lowest BCUT2D eigenvalue weighted by atomic mass is 10.0. The fourth-order valence-electron chi connectivity index (χ4n) is 1.34. The Hall–Kier alpha value is -1.56. The largest absolute Gasteiger partial charge is 0.392 e. The number of carbonyl (C=O) groups excluding carboxylic acids is 1. The van der Waals surface area contributed by atoms with Gasteiger partial charge in [0.15, 0.2) is 5.82 Å². The summed E-state index contributed by atoms with van der Waals surface area (Å²) in [5.41, 5.74) is 5.44. The van der Waals surface area contributed by atoms with Crippen LogP contribution in [0.4, 0.5) is 4.39 Å². The van der Waals surface area contributed by atoms with Crippen LogP contribution in [-0.4, -0.2) is 21.9 Å². The van der Waals surface area contributed by atoms with Crippen LogP contribution in [0.5, 0.6) is 0 Å². The van der Waals surface area contributed by atoms with E-state index < -0.39 is 17.8 Å². The Balaban J connectivity index is 2.85. The summed E-state index contributed by atoms with van der Waals surface area (Å²) in [6, 6.07) is 0.854. The lowest BCUT2D eigenvalue weighted by Crippen LogP contribution is -2.47. The van der Waals surface area contributed by atoms with Crippen molar-refractivity contribution in [2.24, 2.45) is 11.7 Å². The molecule has 1 aromatic rings. The van der Waals surface area contributed by atoms with E-state index in [4.69, 9.17) is 18.0 Å². The van der Waals surface area contributed by atoms with Crippen molar-refractivity contribution in [3.05, 3.63) is 29.8 Å². The summed E-state index contributed by atoms with van der Waals surface area (Å²) in [5, 5.41) is 2.60. The molecule has 1 atom stereocenters. The van der Waals surface area contributed by atoms with E-state index in [0.29, 0.717) is 0 Å². The van der Waals surface area contributed by atoms with Gasteiger partial charge in [-0.15, -0.1) is 0 Å². The minimum Gasteiger partial charge on any atom is -0.392 e. The topological polar surface area (TPSA) is 68.0 Å². The Morgan fingerprint density at radius 1 is 1.59 bits per heavy atom. The van der Waals surface area contributed by atoms with E-state index >= 15 is 0 Å². The average molecular weight is 255 g/mol. The molecule has 0 aromatic carbocycles. The van der Waals surface area contributed by atoms with Crippen LogP contribution in [0.3, 0.4) is 0 Å². The number of nitrogens with zero attached hydrogens (tertiary/aromatic N) is 1. The van der Waals surface area contributed by atoms with Gasteiger partial charge in [-0.1, -0.05) is 26.1 Å². The molecule has 1 unspecified atom stereocenters. The lowest BCUT2D eigenvalue weighted by Gasteiger charge is -2.21. The molecule has 0 radical (unpaired) electrons. The zero-order valence-electron chi connectivity index (χ0n) is 9.61. The number of hydrogen-bond donors (Lipinski definition) is 2. The van der Waals surface area contributed by atoms with Gasteiger partial charge in [-0.25, -0.2) is 4.39 Å². The molecule has 3 N–H and O–H groups in total. The number of amides is 1. The molecule has 0 bridgehead atoms. The van der Waals surface area contributed by atoms with Crippen LogP contribution in [0, 0.1) is 11.7 Å². The van der Waals surface area contributed by atoms with Gasteiger partial charge in [0.2, 0.25) is 0 Å². The van der Waals surface area contributed by atoms with E-state index in [1.165, 1.54) is 12.3 Å². The molecule has 17 heavy (non-hydrogen) atoms. The standard InChI is InChI=1S/C11H14FN3OS/c1-6(2)9(10(13)17)15-11(16)7-3-4-14-5-8(7)12/h3-6,9H,1-2H3,(H2,13,17)(H,15,16). The van der Waals surface area contributed by atoms with Crippen molar-refractivity contribution in [2.45, 2.75) is 19.9 Å². The van der Waals surface area contributed by atoms with E-state index in [0.717, 1.165) is 6.20 Å². The molecule has 1 amide bonds. The highest BCUT2D eigenvalue weighted by atomic mass is 32.1. The van der Waals surface area contributed by atoms with Gasteiger partial charge in [0.1, 0.15) is 0 Å². The second-order valence-electron chi connectivity index (χ2n) is 3.95. The van der Waals surface area contributed by atoms with Crippen LogP contribution < -0.4 is 11.1 Å². The minimum atomic E-state index is -0.671. The number of nitrogens with two attached hydrogens (primary N) is 1. The van der Waals surface area contributed by atoms with Crippen molar-refractivity contribution in [3.8, 4) is 0 Å². The number of carbonyl (C=O) groups is 1. The quantitative estimate of drug-likeness (QED) is 0.795. The maximum Gasteiger partial charge on any atom is 0.254 e. The molecule has 92 valence electrons. The van der Waals surface area contributed by atoms with Crippen LogP contribution >= 0.6 is 12.2 Å². The third-order valence-corrected chi connectivity index (χ3v) is 2.53. The van der Waals surface area contributed by atoms with Gasteiger partial charge >= 0.3 is 0 Å². The van der Waals surface area contributed by atoms with Gasteiger partial charge in [-0.05, 0) is 12.0 Å². The minimum absolute atomic E-state index is 0.0429. The van der Waals surface area contributed by atoms with Crippen molar-refractivity contribution in [3.63, 3.8) is 0 Å². The highest BCUT2D eigenvalue weighted by molar-refractivity contribution is 7.80. The van der Waals surface area contributed by atoms with Crippen LogP contribution in [0.25, 0.3) is 0 Å². The van der Waals surface area contributed by atoms with Gasteiger partial charge in [-0.3, -0.25) is 9.78 Å². The molecular weight excluding hydrogens is 241 g/mol. The predicted octanol–water partition coefficient (Wildman–Crippen LogP) is 1.26. The Morgan fingerprint density at radius 3 is 2.71 bits per heavy atom. The zero-order valence-corrected chi connectivity index (χ0v) is 10.4. The number of nitrogens with one attached hydrogen (secondary N) is 1. The predicted molar refractivity (Wildman–Crippen MR) is 67.1 cm³/mol. The monoisotopic (exact) mass is 255 g/mol. The van der Waals surface area contributed by atoms with Crippen molar-refractivity contribution in [1.82, 2.24) is 10.3 Å². The Kier molecular flexibility index (Phi) is 4.51. The number of aromatic nitrogens is 1. The third kappa shape index (κ3) is 3.45. The number of halogens is 1. The fraction of sp³-hybridized carbons (Fsp3) is 0.364. The number of hydrogen-bond acceptors (Lipinski definition) is 3. The number of pyridine rings is 1. The smallest absolute Gasteiger partial charge is 0.254 e. The van der Waals surface area contributed by atoms with E-state index in [9.17, 15) is 9.18 Å². The lowest BCUT2D eigenvalue weighted by molar-refractivity contribution is 0.0935. The normalized spacial score (nSPS) is 12.2. The first kappa shape index (κ1) is 13.5. The molecule has 1 aromatic heterocycles. The van der Waals surface area contributed by atoms with Gasteiger partial charge < -0.3 is 11.1 Å². The first-order chi connectivity index (χ1) is 7.93. The summed E-state index contributed by atoms with van der Waals surface area (Å²) in [7, 11) is 0. The molecule has 1 rings (SSSR count). The average Bonchev–Trinajstić information content (AvgIpc) is 2.25. The van der Waals surface area contributed by atoms with Gasteiger partial charge in [0, 0.05) is 6.20 Å². The number of thiocarbonyl (C=S) groups is 1. The second kappa shape index (κ2) is 5.67. The van der Waals surface area contributed by atoms with Crippen molar-refractivity contribution < 1.29 is 9.18 Å². The Morgan fingerprint density at radius 2 is 2.24 bits per heavy atom. The van der Waals surface area contributed by atoms with Crippen LogP contribution in [0.2, 0.25) is 0 Å². The molecule has 0 fully saturated rings. The van der Waals surface area contributed by atoms with Crippen molar-refractivity contribution in [2.75, 3.05) is 0 Å². The molecule has 0 saturated carbocycles. The maximum absolute atomic E-state index is 13.3. The van der Waals surface area contributed by atoms with Crippen molar-refractivity contribution >= 4 is 23.1 Å². The Bertz CT molecular complexity index is 436. The summed E-state index contributed by atoms with van der Waals surface area (Å²) in [4.78, 5) is 15.5. The molecule has 0 aliphatic rings. The first-order valence-corrected chi connectivity index (χ1v) is 5.54. The summed E-state index contributed by atoms with van der Waals surface area (Å²) < 4.78 is 13.3. The number of rotatable bonds is 4. The van der Waals surface area contributed by atoms with Gasteiger partial charge in [-0.2, -0.15) is 0 Å². The SMILES string of the molecule is CC(C)C(NC(=O)c1ccncc1F)C(N)=S. The zero-order chi connectivity index (χ0) is 13.0. The summed E-state index contributed by atoms with van der Waals surface area (Å²) in [6.07, 6.45) is 2.34. The second-order valence-corrected chi connectivity index (χ2v) is 4.42. The summed E-state index contributed by atoms with van der Waals surface area (Å²) in [5.74, 6) is -1.17. The molecule has 1 heterocycles. The van der Waals surface area contributed by atoms with Crippen LogP contribution in [0.1, 0.15) is 24.2 Å². The maximum atomic E-state index is 13.3. The highest BCUT2D eigenvalue weighted by Crippen LogP contribution is 2.07. The summed E-state index contributed by atoms with van der Waals surface area (Å²) in [6.45, 7) is 3.74. The molecule has 6 heteroatoms. The molecule has 4 nitrogen and oxygen atoms in total. The van der Waals surface area contributed by atoms with Gasteiger partial charge in [0.25, 0.3) is 5.91 Å². The van der Waals surface area contributed by atoms with Gasteiger partial charge in [0.05, 0.1) is 22.8 Å². The van der Waals surface area contributed by atoms with Crippen LogP contribution in [0.15, 0.2) is 18.5 Å². The van der Waals surface area contributed by atoms with E-state index in [-0.39, 0.29) is 16.5 Å². The Labute approximate surface area is 104 Å². The molecule has 0 saturated heterocycles. The molecule has 0 spiro atoms. The molecular formula is C11H14FN3OS. The fourth-order valence-corrected chi connectivity index (χ4v) is 1.68.